The van der Waals surface area contributed by atoms with Crippen LogP contribution in [-0.4, -0.2) is 38.3 Å². The molecule has 32 heavy (non-hydrogen) atoms. The summed E-state index contributed by atoms with van der Waals surface area (Å²) in [6.45, 7) is 2.23. The minimum atomic E-state index is -1.20. The third-order valence-electron chi connectivity index (χ3n) is 4.35. The number of nitrogens with zero attached hydrogens (tertiary/aromatic N) is 4. The zero-order valence-corrected chi connectivity index (χ0v) is 22.1. The lowest BCUT2D eigenvalue weighted by Gasteiger charge is -2.26. The molecule has 0 bridgehead atoms. The molecule has 0 radical (unpaired) electrons. The first-order chi connectivity index (χ1) is 14.7. The van der Waals surface area contributed by atoms with Crippen molar-refractivity contribution in [2.24, 2.45) is 0 Å². The van der Waals surface area contributed by atoms with Gasteiger partial charge in [0.1, 0.15) is 10.3 Å². The highest BCUT2D eigenvalue weighted by atomic mass is 79.9. The van der Waals surface area contributed by atoms with E-state index in [1.54, 1.807) is 18.2 Å². The maximum Gasteiger partial charge on any atom is 0.337 e. The number of carboxylic acids is 1. The summed E-state index contributed by atoms with van der Waals surface area (Å²) in [5, 5.41) is 14.5. The molecule has 1 N–H and O–H groups in total. The predicted molar refractivity (Wildman–Crippen MR) is 134 cm³/mol. The van der Waals surface area contributed by atoms with Crippen LogP contribution in [0.25, 0.3) is 5.82 Å². The zero-order valence-electron chi connectivity index (χ0n) is 16.6. The van der Waals surface area contributed by atoms with Crippen LogP contribution in [0.15, 0.2) is 45.6 Å². The number of unbranched alkanes of at least 4 members (excludes halogenated alkanes) is 1. The SMILES string of the molecule is CCCCN(C(=O)c1cc(Br)nn1-c1ncccc1Cl)c1c(Cl)cc(Br)cc1C(=O)O.Cl. The fourth-order valence-corrected chi connectivity index (χ4v) is 4.46. The summed E-state index contributed by atoms with van der Waals surface area (Å²) in [5.74, 6) is -1.41. The zero-order chi connectivity index (χ0) is 22.7. The Morgan fingerprint density at radius 3 is 2.53 bits per heavy atom. The number of halogens is 5. The molecule has 0 aliphatic heterocycles. The van der Waals surface area contributed by atoms with Crippen LogP contribution in [0.4, 0.5) is 5.69 Å². The van der Waals surface area contributed by atoms with E-state index in [1.807, 2.05) is 6.92 Å². The van der Waals surface area contributed by atoms with Crippen molar-refractivity contribution in [3.63, 3.8) is 0 Å². The standard InChI is InChI=1S/C20H16Br2Cl2N4O3.ClH/c1-2-3-7-27(17-12(20(30)31)8-11(21)9-14(17)24)19(29)15-10-16(22)26-28(15)18-13(23)5-4-6-25-18;/h4-6,8-10H,2-3,7H2,1H3,(H,30,31);1H. The molecule has 0 saturated carbocycles. The van der Waals surface area contributed by atoms with Crippen LogP contribution < -0.4 is 4.90 Å². The predicted octanol–water partition coefficient (Wildman–Crippen LogP) is 6.67. The number of carboxylic acid groups (broad SMARTS) is 1. The van der Waals surface area contributed by atoms with Crippen molar-refractivity contribution < 1.29 is 14.7 Å². The number of rotatable bonds is 7. The highest BCUT2D eigenvalue weighted by molar-refractivity contribution is 9.10. The van der Waals surface area contributed by atoms with Gasteiger partial charge >= 0.3 is 5.97 Å². The summed E-state index contributed by atoms with van der Waals surface area (Å²) < 4.78 is 2.21. The smallest absolute Gasteiger partial charge is 0.337 e. The van der Waals surface area contributed by atoms with E-state index in [2.05, 4.69) is 41.9 Å². The lowest BCUT2D eigenvalue weighted by Crippen LogP contribution is -2.35. The number of aromatic carboxylic acids is 1. The molecule has 0 saturated heterocycles. The second-order valence-corrected chi connectivity index (χ2v) is 9.01. The van der Waals surface area contributed by atoms with Crippen molar-refractivity contribution in [2.75, 3.05) is 11.4 Å². The molecule has 0 spiro atoms. The number of amides is 1. The largest absolute Gasteiger partial charge is 0.478 e. The quantitative estimate of drug-likeness (QED) is 0.317. The summed E-state index contributed by atoms with van der Waals surface area (Å²) in [7, 11) is 0. The van der Waals surface area contributed by atoms with Crippen LogP contribution in [0.2, 0.25) is 10.0 Å². The van der Waals surface area contributed by atoms with Crippen molar-refractivity contribution in [3.8, 4) is 5.82 Å². The Labute approximate surface area is 217 Å². The Balaban J connectivity index is 0.00000363. The molecule has 1 amide bonds. The van der Waals surface area contributed by atoms with E-state index >= 15 is 0 Å². The van der Waals surface area contributed by atoms with E-state index in [1.165, 1.54) is 27.9 Å². The van der Waals surface area contributed by atoms with Crippen molar-refractivity contribution in [3.05, 3.63) is 66.9 Å². The average Bonchev–Trinajstić information content (AvgIpc) is 3.10. The number of hydrogen-bond donors (Lipinski definition) is 1. The number of benzene rings is 1. The van der Waals surface area contributed by atoms with Crippen LogP contribution in [0.3, 0.4) is 0 Å². The summed E-state index contributed by atoms with van der Waals surface area (Å²) in [5.41, 5.74) is 0.176. The van der Waals surface area contributed by atoms with Crippen molar-refractivity contribution in [1.29, 1.82) is 0 Å². The Morgan fingerprint density at radius 2 is 1.91 bits per heavy atom. The Hall–Kier alpha value is -1.65. The van der Waals surface area contributed by atoms with E-state index in [4.69, 9.17) is 23.2 Å². The Kier molecular flexibility index (Phi) is 9.53. The highest BCUT2D eigenvalue weighted by Crippen LogP contribution is 2.35. The van der Waals surface area contributed by atoms with Gasteiger partial charge in [-0.25, -0.2) is 14.5 Å². The number of anilines is 1. The second kappa shape index (κ2) is 11.5. The summed E-state index contributed by atoms with van der Waals surface area (Å²) in [4.78, 5) is 31.2. The van der Waals surface area contributed by atoms with E-state index in [9.17, 15) is 14.7 Å². The van der Waals surface area contributed by atoms with Crippen LogP contribution >= 0.6 is 67.5 Å². The van der Waals surface area contributed by atoms with Gasteiger partial charge in [-0.05, 0) is 46.6 Å². The molecule has 2 aromatic heterocycles. The molecule has 12 heteroatoms. The molecule has 1 aromatic carbocycles. The van der Waals surface area contributed by atoms with Gasteiger partial charge in [0.2, 0.25) is 0 Å². The molecular weight excluding hydrogens is 610 g/mol. The van der Waals surface area contributed by atoms with Gasteiger partial charge in [-0.15, -0.1) is 12.4 Å². The lowest BCUT2D eigenvalue weighted by molar-refractivity contribution is 0.0697. The van der Waals surface area contributed by atoms with Crippen LogP contribution in [-0.2, 0) is 0 Å². The van der Waals surface area contributed by atoms with Crippen molar-refractivity contribution in [2.45, 2.75) is 19.8 Å². The molecule has 170 valence electrons. The Bertz CT molecular complexity index is 1160. The number of carbonyl (C=O) groups excluding carboxylic acids is 1. The lowest BCUT2D eigenvalue weighted by atomic mass is 10.1. The number of pyridine rings is 1. The number of aromatic nitrogens is 3. The molecule has 0 aliphatic carbocycles. The van der Waals surface area contributed by atoms with E-state index in [0.29, 0.717) is 20.5 Å². The van der Waals surface area contributed by atoms with E-state index in [0.717, 1.165) is 6.42 Å². The van der Waals surface area contributed by atoms with Crippen molar-refractivity contribution >= 4 is 85.0 Å². The molecule has 2 heterocycles. The topological polar surface area (TPSA) is 88.3 Å². The minimum Gasteiger partial charge on any atom is -0.478 e. The number of hydrogen-bond acceptors (Lipinski definition) is 4. The highest BCUT2D eigenvalue weighted by Gasteiger charge is 2.29. The fourth-order valence-electron chi connectivity index (χ4n) is 2.97. The van der Waals surface area contributed by atoms with Gasteiger partial charge in [0, 0.05) is 23.3 Å². The van der Waals surface area contributed by atoms with Gasteiger partial charge in [-0.3, -0.25) is 4.79 Å². The normalized spacial score (nSPS) is 10.5. The molecule has 0 unspecified atom stereocenters. The third kappa shape index (κ3) is 5.63. The fraction of sp³-hybridized carbons (Fsp3) is 0.200. The van der Waals surface area contributed by atoms with Crippen LogP contribution in [0.5, 0.6) is 0 Å². The van der Waals surface area contributed by atoms with E-state index < -0.39 is 11.9 Å². The molecule has 3 aromatic rings. The van der Waals surface area contributed by atoms with Gasteiger partial charge < -0.3 is 10.0 Å². The molecule has 7 nitrogen and oxygen atoms in total. The summed E-state index contributed by atoms with van der Waals surface area (Å²) in [6, 6.07) is 7.80. The van der Waals surface area contributed by atoms with Gasteiger partial charge in [-0.2, -0.15) is 5.10 Å². The van der Waals surface area contributed by atoms with Crippen LogP contribution in [0, 0.1) is 0 Å². The van der Waals surface area contributed by atoms with Gasteiger partial charge in [0.05, 0.1) is 21.3 Å². The monoisotopic (exact) mass is 624 g/mol. The average molecular weight is 628 g/mol. The maximum absolute atomic E-state index is 13.7. The summed E-state index contributed by atoms with van der Waals surface area (Å²) >= 11 is 19.2. The van der Waals surface area contributed by atoms with E-state index in [-0.39, 0.29) is 46.7 Å². The second-order valence-electron chi connectivity index (χ2n) is 6.47. The van der Waals surface area contributed by atoms with Crippen LogP contribution in [0.1, 0.15) is 40.6 Å². The molecule has 0 atom stereocenters. The molecular formula is C20H17Br2Cl3N4O3. The summed E-state index contributed by atoms with van der Waals surface area (Å²) in [6.07, 6.45) is 2.96. The molecule has 0 fully saturated rings. The first kappa shape index (κ1) is 26.6. The number of carbonyl (C=O) groups is 2. The third-order valence-corrected chi connectivity index (χ3v) is 5.78. The van der Waals surface area contributed by atoms with Crippen molar-refractivity contribution in [1.82, 2.24) is 14.8 Å². The molecule has 0 aliphatic rings. The first-order valence-corrected chi connectivity index (χ1v) is 11.5. The van der Waals surface area contributed by atoms with Gasteiger partial charge in [0.25, 0.3) is 5.91 Å². The van der Waals surface area contributed by atoms with Gasteiger partial charge in [-0.1, -0.05) is 52.5 Å². The first-order valence-electron chi connectivity index (χ1n) is 9.15. The minimum absolute atomic E-state index is 0. The van der Waals surface area contributed by atoms with Gasteiger partial charge in [0.15, 0.2) is 5.82 Å². The maximum atomic E-state index is 13.7. The molecule has 3 rings (SSSR count). The Morgan fingerprint density at radius 1 is 1.19 bits per heavy atom.